The lowest BCUT2D eigenvalue weighted by atomic mass is 9.96. The predicted octanol–water partition coefficient (Wildman–Crippen LogP) is 3.20. The summed E-state index contributed by atoms with van der Waals surface area (Å²) in [5.41, 5.74) is 1.16. The fourth-order valence-corrected chi connectivity index (χ4v) is 3.31. The van der Waals surface area contributed by atoms with Crippen LogP contribution in [0.2, 0.25) is 0 Å². The Morgan fingerprint density at radius 3 is 2.14 bits per heavy atom. The maximum absolute atomic E-state index is 12.8. The molecule has 0 saturated heterocycles. The van der Waals surface area contributed by atoms with Gasteiger partial charge in [0.1, 0.15) is 5.75 Å². The average Bonchev–Trinajstić information content (AvgIpc) is 2.98. The van der Waals surface area contributed by atoms with Crippen LogP contribution in [0.5, 0.6) is 17.2 Å². The predicted molar refractivity (Wildman–Crippen MR) is 103 cm³/mol. The zero-order chi connectivity index (χ0) is 20.4. The van der Waals surface area contributed by atoms with Gasteiger partial charge >= 0.3 is 0 Å². The van der Waals surface area contributed by atoms with E-state index >= 15 is 0 Å². The minimum atomic E-state index is -0.793. The van der Waals surface area contributed by atoms with E-state index < -0.39 is 17.7 Å². The lowest BCUT2D eigenvalue weighted by Gasteiger charge is -2.27. The highest BCUT2D eigenvalue weighted by Crippen LogP contribution is 2.43. The third kappa shape index (κ3) is 3.15. The van der Waals surface area contributed by atoms with Gasteiger partial charge in [0.2, 0.25) is 0 Å². The van der Waals surface area contributed by atoms with E-state index in [0.29, 0.717) is 28.5 Å². The van der Waals surface area contributed by atoms with Crippen LogP contribution in [-0.4, -0.2) is 38.1 Å². The highest BCUT2D eigenvalue weighted by molar-refractivity contribution is 6.16. The Labute approximate surface area is 162 Å². The van der Waals surface area contributed by atoms with Gasteiger partial charge in [0.05, 0.1) is 32.9 Å². The molecule has 7 nitrogen and oxygen atoms in total. The molecule has 1 amide bonds. The van der Waals surface area contributed by atoms with Gasteiger partial charge in [-0.05, 0) is 48.9 Å². The van der Waals surface area contributed by atoms with Crippen LogP contribution in [0.15, 0.2) is 53.8 Å². The van der Waals surface area contributed by atoms with Gasteiger partial charge in [-0.15, -0.1) is 0 Å². The number of aliphatic hydroxyl groups is 1. The summed E-state index contributed by atoms with van der Waals surface area (Å²) in [6, 6.07) is 11.1. The molecule has 0 aliphatic carbocycles. The second-order valence-electron chi connectivity index (χ2n) is 6.21. The number of nitrogens with zero attached hydrogens (tertiary/aromatic N) is 1. The van der Waals surface area contributed by atoms with Crippen LogP contribution in [0.1, 0.15) is 18.5 Å². The van der Waals surface area contributed by atoms with Gasteiger partial charge < -0.3 is 19.3 Å². The first kappa shape index (κ1) is 19.3. The Morgan fingerprint density at radius 2 is 1.61 bits per heavy atom. The summed E-state index contributed by atoms with van der Waals surface area (Å²) in [5, 5.41) is 10.4. The summed E-state index contributed by atoms with van der Waals surface area (Å²) >= 11 is 0. The fraction of sp³-hybridized carbons (Fsp3) is 0.238. The van der Waals surface area contributed by atoms with Gasteiger partial charge in [0, 0.05) is 5.69 Å². The Hall–Kier alpha value is -3.48. The molecule has 0 aromatic heterocycles. The molecule has 1 aliphatic heterocycles. The Morgan fingerprint density at radius 1 is 0.964 bits per heavy atom. The number of carbonyl (C=O) groups excluding carboxylic acids is 2. The van der Waals surface area contributed by atoms with E-state index in [1.54, 1.807) is 49.6 Å². The summed E-state index contributed by atoms with van der Waals surface area (Å²) in [6.45, 7) is 1.32. The first-order valence-electron chi connectivity index (χ1n) is 8.56. The number of carbonyl (C=O) groups is 2. The molecule has 0 fully saturated rings. The van der Waals surface area contributed by atoms with Crippen molar-refractivity contribution in [3.8, 4) is 17.2 Å². The Kier molecular flexibility index (Phi) is 5.26. The highest BCUT2D eigenvalue weighted by atomic mass is 16.5. The zero-order valence-corrected chi connectivity index (χ0v) is 16.1. The number of benzene rings is 2. The van der Waals surface area contributed by atoms with Crippen LogP contribution in [0.25, 0.3) is 0 Å². The van der Waals surface area contributed by atoms with Crippen molar-refractivity contribution in [3.63, 3.8) is 0 Å². The fourth-order valence-electron chi connectivity index (χ4n) is 3.31. The molecule has 2 aromatic carbocycles. The van der Waals surface area contributed by atoms with Crippen LogP contribution >= 0.6 is 0 Å². The van der Waals surface area contributed by atoms with Gasteiger partial charge in [-0.3, -0.25) is 14.5 Å². The molecule has 2 aromatic rings. The van der Waals surface area contributed by atoms with Crippen LogP contribution in [0.4, 0.5) is 5.69 Å². The van der Waals surface area contributed by atoms with E-state index in [0.717, 1.165) is 0 Å². The number of amides is 1. The molecule has 1 unspecified atom stereocenters. The summed E-state index contributed by atoms with van der Waals surface area (Å²) in [4.78, 5) is 26.5. The number of rotatable bonds is 6. The number of methoxy groups -OCH3 is 3. The summed E-state index contributed by atoms with van der Waals surface area (Å²) in [6.07, 6.45) is 0. The van der Waals surface area contributed by atoms with E-state index in [-0.39, 0.29) is 11.4 Å². The SMILES string of the molecule is COc1ccc(N2C(=O)C(O)=C(C(C)=O)C2c2ccc(OC)c(OC)c2)cc1. The number of Topliss-reactive ketones (excluding diaryl/α,β-unsaturated/α-hetero) is 1. The third-order valence-corrected chi connectivity index (χ3v) is 4.66. The lowest BCUT2D eigenvalue weighted by Crippen LogP contribution is -2.30. The van der Waals surface area contributed by atoms with E-state index in [1.165, 1.54) is 26.0 Å². The summed E-state index contributed by atoms with van der Waals surface area (Å²) in [7, 11) is 4.57. The normalized spacial score (nSPS) is 16.4. The molecule has 1 atom stereocenters. The molecule has 0 radical (unpaired) electrons. The molecule has 0 saturated carbocycles. The maximum Gasteiger partial charge on any atom is 0.294 e. The van der Waals surface area contributed by atoms with Gasteiger partial charge in [-0.25, -0.2) is 0 Å². The van der Waals surface area contributed by atoms with Crippen LogP contribution < -0.4 is 19.1 Å². The maximum atomic E-state index is 12.8. The number of anilines is 1. The number of ether oxygens (including phenoxy) is 3. The van der Waals surface area contributed by atoms with Gasteiger partial charge in [0.25, 0.3) is 5.91 Å². The third-order valence-electron chi connectivity index (χ3n) is 4.66. The molecular formula is C21H21NO6. The molecule has 1 heterocycles. The number of hydrogen-bond donors (Lipinski definition) is 1. The molecule has 1 N–H and O–H groups in total. The van der Waals surface area contributed by atoms with Crippen molar-refractivity contribution >= 4 is 17.4 Å². The number of hydrogen-bond acceptors (Lipinski definition) is 6. The van der Waals surface area contributed by atoms with Crippen molar-refractivity contribution in [3.05, 3.63) is 59.4 Å². The first-order valence-corrected chi connectivity index (χ1v) is 8.56. The largest absolute Gasteiger partial charge is 0.503 e. The number of aliphatic hydroxyl groups excluding tert-OH is 1. The molecule has 1 aliphatic rings. The number of ketones is 1. The molecular weight excluding hydrogens is 362 g/mol. The van der Waals surface area contributed by atoms with Crippen LogP contribution in [0, 0.1) is 0 Å². The second-order valence-corrected chi connectivity index (χ2v) is 6.21. The second kappa shape index (κ2) is 7.64. The van der Waals surface area contributed by atoms with Crippen LogP contribution in [-0.2, 0) is 9.59 Å². The lowest BCUT2D eigenvalue weighted by molar-refractivity contribution is -0.117. The van der Waals surface area contributed by atoms with Crippen molar-refractivity contribution < 1.29 is 28.9 Å². The van der Waals surface area contributed by atoms with E-state index in [4.69, 9.17) is 14.2 Å². The van der Waals surface area contributed by atoms with Crippen LogP contribution in [0.3, 0.4) is 0 Å². The highest BCUT2D eigenvalue weighted by Gasteiger charge is 2.43. The average molecular weight is 383 g/mol. The topological polar surface area (TPSA) is 85.3 Å². The van der Waals surface area contributed by atoms with E-state index in [1.807, 2.05) is 0 Å². The molecule has 7 heteroatoms. The van der Waals surface area contributed by atoms with Crippen molar-refractivity contribution in [2.75, 3.05) is 26.2 Å². The van der Waals surface area contributed by atoms with E-state index in [2.05, 4.69) is 0 Å². The quantitative estimate of drug-likeness (QED) is 0.825. The van der Waals surface area contributed by atoms with Crippen molar-refractivity contribution in [2.24, 2.45) is 0 Å². The van der Waals surface area contributed by atoms with Crippen molar-refractivity contribution in [1.29, 1.82) is 0 Å². The molecule has 0 bridgehead atoms. The van der Waals surface area contributed by atoms with Crippen molar-refractivity contribution in [2.45, 2.75) is 13.0 Å². The smallest absolute Gasteiger partial charge is 0.294 e. The first-order chi connectivity index (χ1) is 13.4. The van der Waals surface area contributed by atoms with Gasteiger partial charge in [-0.1, -0.05) is 6.07 Å². The zero-order valence-electron chi connectivity index (χ0n) is 16.1. The summed E-state index contributed by atoms with van der Waals surface area (Å²) < 4.78 is 15.8. The minimum absolute atomic E-state index is 0.0352. The molecule has 146 valence electrons. The van der Waals surface area contributed by atoms with E-state index in [9.17, 15) is 14.7 Å². The summed E-state index contributed by atoms with van der Waals surface area (Å²) in [5.74, 6) is 0.0162. The Bertz CT molecular complexity index is 948. The molecule has 3 rings (SSSR count). The minimum Gasteiger partial charge on any atom is -0.503 e. The standard InChI is InChI=1S/C21H21NO6/c1-12(23)18-19(13-5-10-16(27-3)17(11-13)28-4)22(21(25)20(18)24)14-6-8-15(26-2)9-7-14/h5-11,19,24H,1-4H3. The van der Waals surface area contributed by atoms with Gasteiger partial charge in [0.15, 0.2) is 23.0 Å². The molecule has 0 spiro atoms. The molecule has 28 heavy (non-hydrogen) atoms. The Balaban J connectivity index is 2.16. The van der Waals surface area contributed by atoms with Crippen molar-refractivity contribution in [1.82, 2.24) is 0 Å². The van der Waals surface area contributed by atoms with Gasteiger partial charge in [-0.2, -0.15) is 0 Å². The monoisotopic (exact) mass is 383 g/mol.